The molecule has 1 aliphatic carbocycles. The topological polar surface area (TPSA) is 59.8 Å². The number of anilines is 1. The van der Waals surface area contributed by atoms with Crippen molar-refractivity contribution < 1.29 is 4.79 Å². The third-order valence-electron chi connectivity index (χ3n) is 5.10. The third-order valence-corrected chi connectivity index (χ3v) is 5.82. The van der Waals surface area contributed by atoms with Gasteiger partial charge in [0.2, 0.25) is 11.1 Å². The Hall–Kier alpha value is -2.08. The van der Waals surface area contributed by atoms with Crippen molar-refractivity contribution in [2.45, 2.75) is 50.7 Å². The quantitative estimate of drug-likeness (QED) is 0.811. The van der Waals surface area contributed by atoms with Crippen molar-refractivity contribution in [3.63, 3.8) is 0 Å². The van der Waals surface area contributed by atoms with Crippen LogP contribution in [0.3, 0.4) is 0 Å². The molecule has 0 saturated carbocycles. The van der Waals surface area contributed by atoms with Gasteiger partial charge in [0.05, 0.1) is 12.0 Å². The van der Waals surface area contributed by atoms with Crippen molar-refractivity contribution in [1.82, 2.24) is 14.8 Å². The van der Waals surface area contributed by atoms with Crippen molar-refractivity contribution in [3.8, 4) is 0 Å². The molecule has 2 atom stereocenters. The highest BCUT2D eigenvalue weighted by molar-refractivity contribution is 7.99. The van der Waals surface area contributed by atoms with Crippen LogP contribution in [0.25, 0.3) is 0 Å². The first kappa shape index (κ1) is 17.3. The second-order valence-corrected chi connectivity index (χ2v) is 8.36. The zero-order chi connectivity index (χ0) is 18.3. The Kier molecular flexibility index (Phi) is 4.61. The predicted octanol–water partition coefficient (Wildman–Crippen LogP) is 4.39. The highest BCUT2D eigenvalue weighted by Gasteiger charge is 2.41. The smallest absolute Gasteiger partial charge is 0.227 e. The van der Waals surface area contributed by atoms with Crippen LogP contribution < -0.4 is 5.32 Å². The van der Waals surface area contributed by atoms with E-state index in [0.29, 0.717) is 12.3 Å². The Bertz CT molecular complexity index is 853. The molecule has 6 heteroatoms. The highest BCUT2D eigenvalue weighted by atomic mass is 32.2. The van der Waals surface area contributed by atoms with Crippen LogP contribution >= 0.6 is 11.8 Å². The predicted molar refractivity (Wildman–Crippen MR) is 105 cm³/mol. The van der Waals surface area contributed by atoms with Gasteiger partial charge in [0.1, 0.15) is 5.78 Å². The number of nitrogens with one attached hydrogen (secondary N) is 1. The number of rotatable bonds is 4. The Morgan fingerprint density at radius 3 is 2.77 bits per heavy atom. The minimum atomic E-state index is -0.206. The molecule has 0 fully saturated rings. The standard InChI is InChI=1S/C20H24N4OS/c1-4-26-20-22-19-21-15-6-5-7-16(25)17(15)18(24(19)23-20)14-10-8-13(9-11-14)12(2)3/h6,8-12,17-18H,4-5,7H2,1-3H3,(H,21,22,23)/t17-,18-/m1/s1. The lowest BCUT2D eigenvalue weighted by atomic mass is 9.80. The average molecular weight is 369 g/mol. The van der Waals surface area contributed by atoms with Gasteiger partial charge < -0.3 is 5.32 Å². The molecule has 0 saturated heterocycles. The van der Waals surface area contributed by atoms with Crippen LogP contribution in [-0.2, 0) is 4.79 Å². The van der Waals surface area contributed by atoms with E-state index in [0.717, 1.165) is 34.5 Å². The number of nitrogens with zero attached hydrogens (tertiary/aromatic N) is 3. The van der Waals surface area contributed by atoms with Gasteiger partial charge in [-0.25, -0.2) is 4.68 Å². The fraction of sp³-hybridized carbons (Fsp3) is 0.450. The van der Waals surface area contributed by atoms with E-state index < -0.39 is 0 Å². The second-order valence-electron chi connectivity index (χ2n) is 7.13. The van der Waals surface area contributed by atoms with Crippen molar-refractivity contribution in [2.24, 2.45) is 5.92 Å². The van der Waals surface area contributed by atoms with Crippen LogP contribution in [0, 0.1) is 5.92 Å². The van der Waals surface area contributed by atoms with E-state index in [1.165, 1.54) is 5.56 Å². The number of carbonyl (C=O) groups is 1. The maximum atomic E-state index is 12.8. The van der Waals surface area contributed by atoms with Crippen molar-refractivity contribution in [2.75, 3.05) is 11.1 Å². The zero-order valence-electron chi connectivity index (χ0n) is 15.4. The highest BCUT2D eigenvalue weighted by Crippen LogP contribution is 2.42. The molecule has 0 unspecified atom stereocenters. The molecule has 136 valence electrons. The Balaban J connectivity index is 1.82. The molecule has 26 heavy (non-hydrogen) atoms. The number of hydrogen-bond acceptors (Lipinski definition) is 5. The summed E-state index contributed by atoms with van der Waals surface area (Å²) in [6.45, 7) is 6.47. The molecular weight excluding hydrogens is 344 g/mol. The summed E-state index contributed by atoms with van der Waals surface area (Å²) < 4.78 is 1.91. The number of carbonyl (C=O) groups excluding carboxylic acids is 1. The summed E-state index contributed by atoms with van der Waals surface area (Å²) in [6, 6.07) is 8.48. The van der Waals surface area contributed by atoms with E-state index in [-0.39, 0.29) is 17.7 Å². The van der Waals surface area contributed by atoms with Crippen molar-refractivity contribution in [1.29, 1.82) is 0 Å². The fourth-order valence-electron chi connectivity index (χ4n) is 3.76. The lowest BCUT2D eigenvalue weighted by Gasteiger charge is -2.36. The molecule has 2 aliphatic rings. The summed E-state index contributed by atoms with van der Waals surface area (Å²) in [4.78, 5) is 17.4. The van der Waals surface area contributed by atoms with Crippen LogP contribution in [0.15, 0.2) is 41.2 Å². The van der Waals surface area contributed by atoms with Gasteiger partial charge in [-0.1, -0.05) is 62.9 Å². The van der Waals surface area contributed by atoms with E-state index in [1.54, 1.807) is 11.8 Å². The molecular formula is C20H24N4OS. The van der Waals surface area contributed by atoms with Crippen LogP contribution in [0.5, 0.6) is 0 Å². The van der Waals surface area contributed by atoms with Gasteiger partial charge in [0.25, 0.3) is 0 Å². The molecule has 0 amide bonds. The fourth-order valence-corrected chi connectivity index (χ4v) is 4.31. The van der Waals surface area contributed by atoms with Gasteiger partial charge in [-0.3, -0.25) is 4.79 Å². The van der Waals surface area contributed by atoms with E-state index in [2.05, 4.69) is 61.4 Å². The van der Waals surface area contributed by atoms with Gasteiger partial charge in [-0.15, -0.1) is 5.10 Å². The summed E-state index contributed by atoms with van der Waals surface area (Å²) in [7, 11) is 0. The summed E-state index contributed by atoms with van der Waals surface area (Å²) in [5.74, 6) is 2.21. The van der Waals surface area contributed by atoms with E-state index in [9.17, 15) is 4.79 Å². The van der Waals surface area contributed by atoms with Crippen LogP contribution in [0.4, 0.5) is 5.95 Å². The molecule has 2 heterocycles. The maximum Gasteiger partial charge on any atom is 0.227 e. The second kappa shape index (κ2) is 6.91. The van der Waals surface area contributed by atoms with Crippen LogP contribution in [0.2, 0.25) is 0 Å². The number of fused-ring (bicyclic) bond motifs is 2. The van der Waals surface area contributed by atoms with E-state index >= 15 is 0 Å². The summed E-state index contributed by atoms with van der Waals surface area (Å²) >= 11 is 1.62. The molecule has 1 aromatic heterocycles. The number of allylic oxidation sites excluding steroid dienone is 2. The van der Waals surface area contributed by atoms with Gasteiger partial charge in [-0.05, 0) is 29.2 Å². The van der Waals surface area contributed by atoms with Gasteiger partial charge >= 0.3 is 0 Å². The molecule has 4 rings (SSSR count). The number of hydrogen-bond donors (Lipinski definition) is 1. The average Bonchev–Trinajstić information content (AvgIpc) is 3.02. The Morgan fingerprint density at radius 1 is 1.31 bits per heavy atom. The van der Waals surface area contributed by atoms with Crippen molar-refractivity contribution in [3.05, 3.63) is 47.2 Å². The molecule has 2 aromatic rings. The number of Topliss-reactive ketones (excluding diaryl/α,β-unsaturated/α-hetero) is 1. The molecule has 0 radical (unpaired) electrons. The molecule has 0 bridgehead atoms. The van der Waals surface area contributed by atoms with Crippen LogP contribution in [0.1, 0.15) is 56.7 Å². The normalized spacial score (nSPS) is 21.8. The largest absolute Gasteiger partial charge is 0.328 e. The SMILES string of the molecule is CCSc1nc2n(n1)[C@H](c1ccc(C(C)C)cc1)[C@H]1C(=O)CCC=C1N2. The molecule has 1 aliphatic heterocycles. The van der Waals surface area contributed by atoms with E-state index in [1.807, 2.05) is 4.68 Å². The van der Waals surface area contributed by atoms with Gasteiger partial charge in [0.15, 0.2) is 0 Å². The van der Waals surface area contributed by atoms with Gasteiger partial charge in [-0.2, -0.15) is 4.98 Å². The number of thioether (sulfide) groups is 1. The number of aromatic nitrogens is 3. The van der Waals surface area contributed by atoms with Gasteiger partial charge in [0, 0.05) is 12.1 Å². The molecule has 1 aromatic carbocycles. The molecule has 1 N–H and O–H groups in total. The summed E-state index contributed by atoms with van der Waals surface area (Å²) in [6.07, 6.45) is 3.53. The van der Waals surface area contributed by atoms with Crippen LogP contribution in [-0.4, -0.2) is 26.3 Å². The first-order chi connectivity index (χ1) is 12.6. The first-order valence-corrected chi connectivity index (χ1v) is 10.3. The Labute approximate surface area is 158 Å². The Morgan fingerprint density at radius 2 is 2.08 bits per heavy atom. The zero-order valence-corrected chi connectivity index (χ0v) is 16.2. The maximum absolute atomic E-state index is 12.8. The first-order valence-electron chi connectivity index (χ1n) is 9.27. The van der Waals surface area contributed by atoms with Crippen molar-refractivity contribution >= 4 is 23.5 Å². The minimum absolute atomic E-state index is 0.134. The lowest BCUT2D eigenvalue weighted by Crippen LogP contribution is -2.38. The monoisotopic (exact) mass is 368 g/mol. The molecule has 0 spiro atoms. The summed E-state index contributed by atoms with van der Waals surface area (Å²) in [5, 5.41) is 8.82. The molecule has 5 nitrogen and oxygen atoms in total. The number of ketones is 1. The number of benzene rings is 1. The van der Waals surface area contributed by atoms with E-state index in [4.69, 9.17) is 5.10 Å². The lowest BCUT2D eigenvalue weighted by molar-refractivity contribution is -0.123. The minimum Gasteiger partial charge on any atom is -0.328 e. The third kappa shape index (κ3) is 2.96. The summed E-state index contributed by atoms with van der Waals surface area (Å²) in [5.41, 5.74) is 3.39.